The minimum absolute atomic E-state index is 0.364. The van der Waals surface area contributed by atoms with E-state index in [0.29, 0.717) is 6.04 Å². The number of benzene rings is 2. The minimum Gasteiger partial charge on any atom is -0.398 e. The van der Waals surface area contributed by atoms with E-state index in [4.69, 9.17) is 17.3 Å². The summed E-state index contributed by atoms with van der Waals surface area (Å²) in [5, 5.41) is 0.802. The number of fused-ring (bicyclic) bond motifs is 1. The molecular weight excluding hydrogens is 268 g/mol. The normalized spacial score (nSPS) is 16.7. The molecule has 104 valence electrons. The van der Waals surface area contributed by atoms with Crippen molar-refractivity contribution in [2.24, 2.45) is 0 Å². The summed E-state index contributed by atoms with van der Waals surface area (Å²) in [6.45, 7) is 4.23. The molecule has 3 rings (SSSR count). The average Bonchev–Trinajstić information content (AvgIpc) is 2.46. The van der Waals surface area contributed by atoms with E-state index in [1.807, 2.05) is 24.3 Å². The van der Waals surface area contributed by atoms with Gasteiger partial charge in [-0.05, 0) is 48.2 Å². The molecule has 0 bridgehead atoms. The molecule has 1 atom stereocenters. The first kappa shape index (κ1) is 13.5. The lowest BCUT2D eigenvalue weighted by atomic mass is 9.95. The summed E-state index contributed by atoms with van der Waals surface area (Å²) in [4.78, 5) is 2.48. The van der Waals surface area contributed by atoms with Gasteiger partial charge in [0, 0.05) is 29.8 Å². The summed E-state index contributed by atoms with van der Waals surface area (Å²) in [5.74, 6) is 0. The molecule has 1 aliphatic rings. The van der Waals surface area contributed by atoms with Crippen molar-refractivity contribution in [3.05, 3.63) is 64.2 Å². The van der Waals surface area contributed by atoms with Crippen LogP contribution in [0.1, 0.15) is 29.7 Å². The molecule has 0 amide bonds. The number of nitrogens with zero attached hydrogens (tertiary/aromatic N) is 1. The summed E-state index contributed by atoms with van der Waals surface area (Å²) >= 11 is 6.09. The Morgan fingerprint density at radius 3 is 2.80 bits per heavy atom. The summed E-state index contributed by atoms with van der Waals surface area (Å²) in [5.41, 5.74) is 10.9. The maximum atomic E-state index is 6.09. The zero-order valence-corrected chi connectivity index (χ0v) is 12.4. The van der Waals surface area contributed by atoms with Gasteiger partial charge in [0.25, 0.3) is 0 Å². The second-order valence-electron chi connectivity index (χ2n) is 5.44. The van der Waals surface area contributed by atoms with Gasteiger partial charge >= 0.3 is 0 Å². The van der Waals surface area contributed by atoms with Crippen molar-refractivity contribution in [3.8, 4) is 0 Å². The SMILES string of the molecule is CC(c1cccc(Cl)c1)N1CCc2c(N)cccc2C1. The zero-order valence-electron chi connectivity index (χ0n) is 11.6. The molecular formula is C17H19ClN2. The van der Waals surface area contributed by atoms with Gasteiger partial charge in [-0.2, -0.15) is 0 Å². The van der Waals surface area contributed by atoms with Crippen LogP contribution in [0.5, 0.6) is 0 Å². The van der Waals surface area contributed by atoms with Crippen molar-refractivity contribution in [1.82, 2.24) is 4.90 Å². The van der Waals surface area contributed by atoms with Crippen LogP contribution in [-0.4, -0.2) is 11.4 Å². The van der Waals surface area contributed by atoms with Crippen LogP contribution >= 0.6 is 11.6 Å². The second-order valence-corrected chi connectivity index (χ2v) is 5.87. The number of nitrogen functional groups attached to an aromatic ring is 1. The van der Waals surface area contributed by atoms with E-state index >= 15 is 0 Å². The van der Waals surface area contributed by atoms with Crippen LogP contribution in [0.25, 0.3) is 0 Å². The fourth-order valence-electron chi connectivity index (χ4n) is 2.97. The molecule has 0 saturated heterocycles. The molecule has 0 radical (unpaired) electrons. The fourth-order valence-corrected chi connectivity index (χ4v) is 3.17. The molecule has 0 saturated carbocycles. The second kappa shape index (κ2) is 5.47. The summed E-state index contributed by atoms with van der Waals surface area (Å²) in [6.07, 6.45) is 1.02. The standard InChI is InChI=1S/C17H19ClN2/c1-12(13-4-2-6-15(18)10-13)20-9-8-16-14(11-20)5-3-7-17(16)19/h2-7,10,12H,8-9,11,19H2,1H3. The van der Waals surface area contributed by atoms with Crippen molar-refractivity contribution in [2.75, 3.05) is 12.3 Å². The largest absolute Gasteiger partial charge is 0.398 e. The molecule has 0 fully saturated rings. The number of hydrogen-bond acceptors (Lipinski definition) is 2. The van der Waals surface area contributed by atoms with Crippen LogP contribution in [0.2, 0.25) is 5.02 Å². The van der Waals surface area contributed by atoms with Gasteiger partial charge in [0.2, 0.25) is 0 Å². The van der Waals surface area contributed by atoms with Gasteiger partial charge in [0.15, 0.2) is 0 Å². The highest BCUT2D eigenvalue weighted by atomic mass is 35.5. The van der Waals surface area contributed by atoms with E-state index in [0.717, 1.165) is 30.2 Å². The zero-order chi connectivity index (χ0) is 14.1. The monoisotopic (exact) mass is 286 g/mol. The molecule has 1 unspecified atom stereocenters. The van der Waals surface area contributed by atoms with Gasteiger partial charge in [-0.15, -0.1) is 0 Å². The van der Waals surface area contributed by atoms with E-state index in [2.05, 4.69) is 30.0 Å². The van der Waals surface area contributed by atoms with Gasteiger partial charge in [-0.1, -0.05) is 35.9 Å². The molecule has 0 aliphatic carbocycles. The summed E-state index contributed by atoms with van der Waals surface area (Å²) < 4.78 is 0. The van der Waals surface area contributed by atoms with Crippen molar-refractivity contribution in [1.29, 1.82) is 0 Å². The van der Waals surface area contributed by atoms with Crippen LogP contribution in [0.3, 0.4) is 0 Å². The lowest BCUT2D eigenvalue weighted by Crippen LogP contribution is -2.33. The molecule has 3 heteroatoms. The highest BCUT2D eigenvalue weighted by molar-refractivity contribution is 6.30. The Morgan fingerprint density at radius 1 is 1.20 bits per heavy atom. The lowest BCUT2D eigenvalue weighted by Gasteiger charge is -2.34. The third-order valence-corrected chi connectivity index (χ3v) is 4.45. The van der Waals surface area contributed by atoms with Crippen LogP contribution in [0.4, 0.5) is 5.69 Å². The van der Waals surface area contributed by atoms with Crippen molar-refractivity contribution in [3.63, 3.8) is 0 Å². The molecule has 0 spiro atoms. The van der Waals surface area contributed by atoms with E-state index in [1.165, 1.54) is 16.7 Å². The van der Waals surface area contributed by atoms with Crippen molar-refractivity contribution >= 4 is 17.3 Å². The number of hydrogen-bond donors (Lipinski definition) is 1. The first-order valence-corrected chi connectivity index (χ1v) is 7.38. The fraction of sp³-hybridized carbons (Fsp3) is 0.294. The molecule has 2 aromatic carbocycles. The number of halogens is 1. The molecule has 1 heterocycles. The number of anilines is 1. The van der Waals surface area contributed by atoms with Crippen LogP contribution < -0.4 is 5.73 Å². The quantitative estimate of drug-likeness (QED) is 0.844. The van der Waals surface area contributed by atoms with Gasteiger partial charge in [-0.3, -0.25) is 4.90 Å². The van der Waals surface area contributed by atoms with E-state index in [1.54, 1.807) is 0 Å². The highest BCUT2D eigenvalue weighted by Crippen LogP contribution is 2.30. The predicted octanol–water partition coefficient (Wildman–Crippen LogP) is 4.04. The van der Waals surface area contributed by atoms with Crippen LogP contribution in [0, 0.1) is 0 Å². The first-order valence-electron chi connectivity index (χ1n) is 7.01. The minimum atomic E-state index is 0.364. The first-order chi connectivity index (χ1) is 9.65. The predicted molar refractivity (Wildman–Crippen MR) is 84.8 cm³/mol. The molecule has 20 heavy (non-hydrogen) atoms. The third-order valence-electron chi connectivity index (χ3n) is 4.21. The smallest absolute Gasteiger partial charge is 0.0409 e. The van der Waals surface area contributed by atoms with E-state index < -0.39 is 0 Å². The Balaban J connectivity index is 1.83. The summed E-state index contributed by atoms with van der Waals surface area (Å²) in [7, 11) is 0. The Labute approximate surface area is 125 Å². The maximum absolute atomic E-state index is 6.09. The molecule has 1 aliphatic heterocycles. The van der Waals surface area contributed by atoms with Crippen LogP contribution in [-0.2, 0) is 13.0 Å². The Bertz CT molecular complexity index is 624. The Morgan fingerprint density at radius 2 is 2.00 bits per heavy atom. The van der Waals surface area contributed by atoms with E-state index in [-0.39, 0.29) is 0 Å². The highest BCUT2D eigenvalue weighted by Gasteiger charge is 2.22. The maximum Gasteiger partial charge on any atom is 0.0409 e. The van der Waals surface area contributed by atoms with Gasteiger partial charge in [0.05, 0.1) is 0 Å². The Hall–Kier alpha value is -1.51. The molecule has 2 N–H and O–H groups in total. The third kappa shape index (κ3) is 2.54. The van der Waals surface area contributed by atoms with Gasteiger partial charge in [-0.25, -0.2) is 0 Å². The van der Waals surface area contributed by atoms with E-state index in [9.17, 15) is 0 Å². The van der Waals surface area contributed by atoms with Gasteiger partial charge < -0.3 is 5.73 Å². The summed E-state index contributed by atoms with van der Waals surface area (Å²) in [6, 6.07) is 14.7. The van der Waals surface area contributed by atoms with Crippen LogP contribution in [0.15, 0.2) is 42.5 Å². The lowest BCUT2D eigenvalue weighted by molar-refractivity contribution is 0.192. The Kier molecular flexibility index (Phi) is 3.68. The topological polar surface area (TPSA) is 29.3 Å². The van der Waals surface area contributed by atoms with Gasteiger partial charge in [0.1, 0.15) is 0 Å². The molecule has 0 aromatic heterocycles. The van der Waals surface area contributed by atoms with Crippen molar-refractivity contribution < 1.29 is 0 Å². The molecule has 2 aromatic rings. The molecule has 2 nitrogen and oxygen atoms in total. The number of rotatable bonds is 2. The average molecular weight is 287 g/mol. The number of nitrogens with two attached hydrogens (primary N) is 1. The van der Waals surface area contributed by atoms with Crippen molar-refractivity contribution in [2.45, 2.75) is 25.9 Å².